The van der Waals surface area contributed by atoms with Gasteiger partial charge in [0.15, 0.2) is 0 Å². The van der Waals surface area contributed by atoms with Crippen LogP contribution in [-0.4, -0.2) is 26.9 Å². The molecular formula is C113H134B4. The second-order valence-corrected chi connectivity index (χ2v) is 38.2. The van der Waals surface area contributed by atoms with Crippen molar-refractivity contribution in [1.29, 1.82) is 0 Å². The summed E-state index contributed by atoms with van der Waals surface area (Å²) in [6.45, 7) is 96.6. The van der Waals surface area contributed by atoms with Crippen molar-refractivity contribution < 1.29 is 0 Å². The van der Waals surface area contributed by atoms with Crippen LogP contribution >= 0.6 is 0 Å². The standard InChI is InChI=1S/C113H134B4/c1-54-41-60(7)102(61(8)42-54)114(103-62(9)43-55(2)44-63(103)10)108-82(29)71(18)96(72(19)83(108)30)97-73(20)84(31)109(85(32)74(97)21)116(105-66(13)47-57(4)48-67(105)14)110-86(33)75(22)98(76(23)87(110)34)99-77(24)88(35)111(89(36)78(99)25)117(106-68(15)49-58(5)50-69(106)16)112-90(37)79(26)100(80(27)91(112)38)101-81(28)92(39)113-95(93(101)40)53-94-52-59(6)51-70(17)107(94)115(113)104-64(11)45-56(3)46-65(104)12/h41-52H,53H2,1-40H3. The number of fused-ring (bicyclic) bond motifs is 2. The molecule has 0 saturated carbocycles. The van der Waals surface area contributed by atoms with Gasteiger partial charge in [0.1, 0.15) is 0 Å². The second-order valence-electron chi connectivity index (χ2n) is 38.2. The lowest BCUT2D eigenvalue weighted by molar-refractivity contribution is 1.13. The molecular weight excluding hydrogens is 1400 g/mol. The average Bonchev–Trinajstić information content (AvgIpc) is 0.651. The van der Waals surface area contributed by atoms with Crippen molar-refractivity contribution >= 4 is 92.4 Å². The van der Waals surface area contributed by atoms with Crippen molar-refractivity contribution in [2.45, 2.75) is 283 Å². The van der Waals surface area contributed by atoms with Crippen LogP contribution < -0.4 is 65.6 Å². The fourth-order valence-corrected chi connectivity index (χ4v) is 24.8. The number of rotatable bonds is 13. The smallest absolute Gasteiger partial charge is 0.0629 e. The van der Waals surface area contributed by atoms with Gasteiger partial charge in [-0.1, -0.05) is 294 Å². The lowest BCUT2D eigenvalue weighted by Crippen LogP contribution is -2.60. The molecule has 0 aliphatic carbocycles. The van der Waals surface area contributed by atoms with Crippen LogP contribution in [0.5, 0.6) is 0 Å². The molecule has 0 spiro atoms. The summed E-state index contributed by atoms with van der Waals surface area (Å²) in [5.74, 6) is 0. The van der Waals surface area contributed by atoms with Gasteiger partial charge in [0.25, 0.3) is 0 Å². The van der Waals surface area contributed by atoms with E-state index in [1.807, 2.05) is 0 Å². The molecule has 4 heteroatoms. The van der Waals surface area contributed by atoms with Gasteiger partial charge >= 0.3 is 0 Å². The Kier molecular flexibility index (Phi) is 22.9. The van der Waals surface area contributed by atoms with Crippen molar-refractivity contribution in [1.82, 2.24) is 0 Å². The maximum Gasteiger partial charge on any atom is 0.243 e. The third-order valence-corrected chi connectivity index (χ3v) is 30.8. The summed E-state index contributed by atoms with van der Waals surface area (Å²) in [7, 11) is 0. The summed E-state index contributed by atoms with van der Waals surface area (Å²) in [4.78, 5) is 0. The van der Waals surface area contributed by atoms with E-state index < -0.39 is 0 Å². The van der Waals surface area contributed by atoms with Gasteiger partial charge in [-0.2, -0.15) is 0 Å². The first-order chi connectivity index (χ1) is 54.7. The van der Waals surface area contributed by atoms with E-state index in [4.69, 9.17) is 0 Å². The molecule has 0 atom stereocenters. The van der Waals surface area contributed by atoms with Gasteiger partial charge in [0.05, 0.1) is 0 Å². The fourth-order valence-electron chi connectivity index (χ4n) is 24.8. The van der Waals surface area contributed by atoms with Crippen LogP contribution in [0.1, 0.15) is 234 Å². The predicted octanol–water partition coefficient (Wildman–Crippen LogP) is 21.0. The highest BCUT2D eigenvalue weighted by molar-refractivity contribution is 6.99. The summed E-state index contributed by atoms with van der Waals surface area (Å²) < 4.78 is 0. The summed E-state index contributed by atoms with van der Waals surface area (Å²) >= 11 is 0. The Bertz CT molecular complexity index is 5980. The lowest BCUT2D eigenvalue weighted by atomic mass is 9.30. The number of hydrogen-bond acceptors (Lipinski definition) is 0. The maximum atomic E-state index is 2.51. The van der Waals surface area contributed by atoms with E-state index in [2.05, 4.69) is 350 Å². The van der Waals surface area contributed by atoms with Crippen LogP contribution in [0.15, 0.2) is 72.8 Å². The predicted molar refractivity (Wildman–Crippen MR) is 525 cm³/mol. The maximum absolute atomic E-state index is 2.51. The first kappa shape index (κ1) is 85.8. The van der Waals surface area contributed by atoms with Crippen LogP contribution in [0, 0.1) is 277 Å². The third-order valence-electron chi connectivity index (χ3n) is 30.8. The van der Waals surface area contributed by atoms with E-state index in [-0.39, 0.29) is 26.9 Å². The van der Waals surface area contributed by atoms with Gasteiger partial charge in [-0.25, -0.2) is 0 Å². The van der Waals surface area contributed by atoms with Crippen LogP contribution in [0.4, 0.5) is 0 Å². The molecule has 598 valence electrons. The summed E-state index contributed by atoms with van der Waals surface area (Å²) in [6.07, 6.45) is 0.939. The minimum absolute atomic E-state index is 0.0108. The minimum atomic E-state index is -0.0146. The van der Waals surface area contributed by atoms with Gasteiger partial charge in [-0.05, 0) is 395 Å². The fraction of sp³-hybridized carbons (Fsp3) is 0.363. The zero-order chi connectivity index (χ0) is 86.1. The molecule has 117 heavy (non-hydrogen) atoms. The quantitative estimate of drug-likeness (QED) is 0.101. The largest absolute Gasteiger partial charge is 0.243 e. The topological polar surface area (TPSA) is 0 Å². The Labute approximate surface area is 710 Å². The molecule has 0 unspecified atom stereocenters. The Morgan fingerprint density at radius 1 is 0.162 bits per heavy atom. The molecule has 0 aromatic heterocycles. The Balaban J connectivity index is 0.990. The lowest BCUT2D eigenvalue weighted by Gasteiger charge is -2.36. The monoisotopic (exact) mass is 1540 g/mol. The summed E-state index contributed by atoms with van der Waals surface area (Å²) in [6, 6.07) is 29.2. The van der Waals surface area contributed by atoms with Crippen molar-refractivity contribution in [3.05, 3.63) is 306 Å². The molecule has 0 N–H and O–H groups in total. The molecule has 0 radical (unpaired) electrons. The van der Waals surface area contributed by atoms with Gasteiger partial charge in [0.2, 0.25) is 26.9 Å². The van der Waals surface area contributed by atoms with Gasteiger partial charge < -0.3 is 0 Å². The van der Waals surface area contributed by atoms with E-state index in [0.29, 0.717) is 0 Å². The van der Waals surface area contributed by atoms with Crippen LogP contribution in [0.2, 0.25) is 0 Å². The minimum Gasteiger partial charge on any atom is -0.0629 e. The summed E-state index contributed by atoms with van der Waals surface area (Å²) in [5.41, 5.74) is 84.1. The molecule has 12 aromatic rings. The molecule has 0 nitrogen and oxygen atoms in total. The Morgan fingerprint density at radius 3 is 0.556 bits per heavy atom. The SMILES string of the molecule is Cc1cc(C)c(B(c2c(C)cc(C)cc2C)c2c(C)c(C)c(-c3c(C)c(C)c(B(c4c(C)cc(C)cc4C)c4c(C)c(C)c(-c5c(C)c(C)c(B(c6c(C)cc(C)cc6C)c6c(C)c(C)c(-c7c(C)c(C)c8c(c7C)Cc7cc(C)cc(C)c7B8c7c(C)cc(C)cc7C)c(C)c6C)c(C)c5C)c(C)c4C)c(C)c3C)c(C)c2C)c(C)c1. The van der Waals surface area contributed by atoms with E-state index in [9.17, 15) is 0 Å². The van der Waals surface area contributed by atoms with E-state index in [0.717, 1.165) is 6.42 Å². The molecule has 0 fully saturated rings. The van der Waals surface area contributed by atoms with Gasteiger partial charge in [0, 0.05) is 0 Å². The molecule has 0 saturated heterocycles. The number of hydrogen-bond donors (Lipinski definition) is 0. The van der Waals surface area contributed by atoms with Gasteiger partial charge in [-0.15, -0.1) is 0 Å². The third kappa shape index (κ3) is 13.5. The van der Waals surface area contributed by atoms with Gasteiger partial charge in [-0.3, -0.25) is 0 Å². The first-order valence-corrected chi connectivity index (χ1v) is 43.8. The van der Waals surface area contributed by atoms with Crippen molar-refractivity contribution in [3.8, 4) is 33.4 Å². The van der Waals surface area contributed by atoms with E-state index >= 15 is 0 Å². The highest BCUT2D eigenvalue weighted by Gasteiger charge is 2.42. The summed E-state index contributed by atoms with van der Waals surface area (Å²) in [5, 5.41) is 0. The molecule has 0 bridgehead atoms. The molecule has 12 aromatic carbocycles. The average molecular weight is 1540 g/mol. The zero-order valence-corrected chi connectivity index (χ0v) is 79.9. The number of benzene rings is 12. The molecule has 1 heterocycles. The molecule has 0 amide bonds. The van der Waals surface area contributed by atoms with Crippen molar-refractivity contribution in [3.63, 3.8) is 0 Å². The molecule has 1 aliphatic heterocycles. The molecule has 13 rings (SSSR count). The highest BCUT2D eigenvalue weighted by Crippen LogP contribution is 2.44. The zero-order valence-electron chi connectivity index (χ0n) is 79.9. The number of aryl methyl sites for hydroxylation is 17. The Morgan fingerprint density at radius 2 is 0.333 bits per heavy atom. The van der Waals surface area contributed by atoms with E-state index in [1.54, 1.807) is 0 Å². The molecule has 1 aliphatic rings. The Hall–Kier alpha value is -9.10. The van der Waals surface area contributed by atoms with Crippen molar-refractivity contribution in [2.24, 2.45) is 0 Å². The second kappa shape index (κ2) is 31.2. The van der Waals surface area contributed by atoms with Crippen LogP contribution in [0.25, 0.3) is 33.4 Å². The van der Waals surface area contributed by atoms with E-state index in [1.165, 1.54) is 333 Å². The highest BCUT2D eigenvalue weighted by atomic mass is 14.3. The van der Waals surface area contributed by atoms with Crippen LogP contribution in [-0.2, 0) is 6.42 Å². The van der Waals surface area contributed by atoms with Crippen LogP contribution in [0.3, 0.4) is 0 Å². The van der Waals surface area contributed by atoms with Crippen molar-refractivity contribution in [2.75, 3.05) is 0 Å². The normalized spacial score (nSPS) is 12.1. The first-order valence-electron chi connectivity index (χ1n) is 43.8.